The van der Waals surface area contributed by atoms with E-state index in [1.807, 2.05) is 6.07 Å². The Bertz CT molecular complexity index is 539. The topological polar surface area (TPSA) is 62.7 Å². The van der Waals surface area contributed by atoms with Crippen LogP contribution in [0.25, 0.3) is 0 Å². The fraction of sp³-hybridized carbons (Fsp3) is 0.529. The van der Waals surface area contributed by atoms with Crippen LogP contribution in [-0.2, 0) is 16.1 Å². The molecule has 1 aromatic carbocycles. The number of unbranched alkanes of at least 4 members (excludes halogenated alkanes) is 2. The van der Waals surface area contributed by atoms with Crippen molar-refractivity contribution < 1.29 is 13.9 Å². The summed E-state index contributed by atoms with van der Waals surface area (Å²) in [5, 5.41) is 6.35. The Labute approximate surface area is 160 Å². The van der Waals surface area contributed by atoms with Gasteiger partial charge in [0.05, 0.1) is 7.11 Å². The lowest BCUT2D eigenvalue weighted by molar-refractivity contribution is -0.140. The van der Waals surface area contributed by atoms with E-state index in [1.165, 1.54) is 13.2 Å². The van der Waals surface area contributed by atoms with E-state index in [4.69, 9.17) is 0 Å². The van der Waals surface area contributed by atoms with Crippen molar-refractivity contribution in [1.82, 2.24) is 10.6 Å². The third-order valence-electron chi connectivity index (χ3n) is 3.50. The summed E-state index contributed by atoms with van der Waals surface area (Å²) in [5.74, 6) is 0.317. The van der Waals surface area contributed by atoms with Gasteiger partial charge >= 0.3 is 5.97 Å². The molecule has 0 aliphatic rings. The molecule has 0 aliphatic carbocycles. The van der Waals surface area contributed by atoms with Gasteiger partial charge in [-0.1, -0.05) is 18.6 Å². The van der Waals surface area contributed by atoms with Crippen LogP contribution in [0.2, 0.25) is 0 Å². The zero-order valence-corrected chi connectivity index (χ0v) is 16.9. The van der Waals surface area contributed by atoms with Gasteiger partial charge in [-0.05, 0) is 37.0 Å². The van der Waals surface area contributed by atoms with Crippen molar-refractivity contribution in [3.05, 3.63) is 35.1 Å². The van der Waals surface area contributed by atoms with Gasteiger partial charge in [-0.25, -0.2) is 4.39 Å². The number of ether oxygens (including phenoxy) is 1. The van der Waals surface area contributed by atoms with Gasteiger partial charge in [0.1, 0.15) is 5.82 Å². The zero-order chi connectivity index (χ0) is 17.1. The number of rotatable bonds is 8. The largest absolute Gasteiger partial charge is 0.469 e. The first kappa shape index (κ1) is 22.6. The molecule has 0 saturated heterocycles. The lowest BCUT2D eigenvalue weighted by atomic mass is 10.1. The normalized spacial score (nSPS) is 10.8. The summed E-state index contributed by atoms with van der Waals surface area (Å²) in [6, 6.07) is 5.19. The Morgan fingerprint density at radius 1 is 1.25 bits per heavy atom. The first-order valence-electron chi connectivity index (χ1n) is 7.83. The Balaban J connectivity index is 0.00000529. The van der Waals surface area contributed by atoms with Gasteiger partial charge in [0.2, 0.25) is 0 Å². The molecule has 24 heavy (non-hydrogen) atoms. The highest BCUT2D eigenvalue weighted by molar-refractivity contribution is 14.0. The van der Waals surface area contributed by atoms with Crippen LogP contribution in [0.3, 0.4) is 0 Å². The molecule has 7 heteroatoms. The third kappa shape index (κ3) is 9.05. The van der Waals surface area contributed by atoms with Crippen molar-refractivity contribution in [2.75, 3.05) is 20.7 Å². The minimum absolute atomic E-state index is 0. The summed E-state index contributed by atoms with van der Waals surface area (Å²) < 4.78 is 18.1. The second-order valence-electron chi connectivity index (χ2n) is 5.32. The molecule has 0 aromatic heterocycles. The van der Waals surface area contributed by atoms with Crippen molar-refractivity contribution in [1.29, 1.82) is 0 Å². The number of nitrogens with one attached hydrogen (secondary N) is 2. The molecule has 0 aliphatic heterocycles. The Morgan fingerprint density at radius 2 is 2.00 bits per heavy atom. The first-order valence-corrected chi connectivity index (χ1v) is 7.83. The maximum Gasteiger partial charge on any atom is 0.305 e. The smallest absolute Gasteiger partial charge is 0.305 e. The number of hydrogen-bond donors (Lipinski definition) is 2. The molecule has 0 bridgehead atoms. The molecule has 0 fully saturated rings. The standard InChI is InChI=1S/C17H26FN3O2.HI/c1-13-8-9-14(11-15(13)18)12-21-17(19-2)20-10-6-4-5-7-16(22)23-3;/h8-9,11H,4-7,10,12H2,1-3H3,(H2,19,20,21);1H. The number of esters is 1. The predicted molar refractivity (Wildman–Crippen MR) is 105 cm³/mol. The zero-order valence-electron chi connectivity index (χ0n) is 14.5. The van der Waals surface area contributed by atoms with Crippen LogP contribution in [0.1, 0.15) is 36.8 Å². The van der Waals surface area contributed by atoms with Crippen LogP contribution in [0.5, 0.6) is 0 Å². The van der Waals surface area contributed by atoms with Crippen LogP contribution in [0.15, 0.2) is 23.2 Å². The Hall–Kier alpha value is -1.38. The van der Waals surface area contributed by atoms with Crippen LogP contribution < -0.4 is 10.6 Å². The molecular weight excluding hydrogens is 424 g/mol. The highest BCUT2D eigenvalue weighted by Gasteiger charge is 2.02. The number of hydrogen-bond acceptors (Lipinski definition) is 3. The van der Waals surface area contributed by atoms with E-state index < -0.39 is 0 Å². The number of carbonyl (C=O) groups is 1. The number of aliphatic imine (C=N–C) groups is 1. The molecule has 0 heterocycles. The average molecular weight is 451 g/mol. The second kappa shape index (κ2) is 13.0. The molecule has 0 spiro atoms. The number of carbonyl (C=O) groups excluding carboxylic acids is 1. The molecule has 0 saturated carbocycles. The van der Waals surface area contributed by atoms with Crippen molar-refractivity contribution >= 4 is 35.9 Å². The fourth-order valence-corrected chi connectivity index (χ4v) is 2.03. The maximum atomic E-state index is 13.5. The molecule has 136 valence electrons. The van der Waals surface area contributed by atoms with Gasteiger partial charge in [-0.15, -0.1) is 24.0 Å². The fourth-order valence-electron chi connectivity index (χ4n) is 2.03. The van der Waals surface area contributed by atoms with Gasteiger partial charge in [0.25, 0.3) is 0 Å². The summed E-state index contributed by atoms with van der Waals surface area (Å²) in [6.07, 6.45) is 3.17. The maximum absolute atomic E-state index is 13.5. The molecule has 0 amide bonds. The molecule has 0 unspecified atom stereocenters. The number of benzene rings is 1. The van der Waals surface area contributed by atoms with Gasteiger partial charge < -0.3 is 15.4 Å². The Morgan fingerprint density at radius 3 is 2.62 bits per heavy atom. The lowest BCUT2D eigenvalue weighted by Crippen LogP contribution is -2.37. The van der Waals surface area contributed by atoms with E-state index >= 15 is 0 Å². The van der Waals surface area contributed by atoms with Gasteiger partial charge in [-0.3, -0.25) is 9.79 Å². The van der Waals surface area contributed by atoms with E-state index in [0.29, 0.717) is 24.5 Å². The molecular formula is C17H27FIN3O2. The summed E-state index contributed by atoms with van der Waals surface area (Å²) in [7, 11) is 3.10. The van der Waals surface area contributed by atoms with Gasteiger partial charge in [0.15, 0.2) is 5.96 Å². The van der Waals surface area contributed by atoms with Crippen LogP contribution in [-0.4, -0.2) is 32.6 Å². The average Bonchev–Trinajstić information content (AvgIpc) is 2.56. The minimum atomic E-state index is -0.196. The van der Waals surface area contributed by atoms with E-state index in [0.717, 1.165) is 31.4 Å². The predicted octanol–water partition coefficient (Wildman–Crippen LogP) is 3.15. The van der Waals surface area contributed by atoms with Crippen molar-refractivity contribution in [2.45, 2.75) is 39.2 Å². The monoisotopic (exact) mass is 451 g/mol. The quantitative estimate of drug-likeness (QED) is 0.210. The highest BCUT2D eigenvalue weighted by atomic mass is 127. The summed E-state index contributed by atoms with van der Waals surface area (Å²) >= 11 is 0. The molecule has 0 radical (unpaired) electrons. The molecule has 0 atom stereocenters. The minimum Gasteiger partial charge on any atom is -0.469 e. The van der Waals surface area contributed by atoms with Crippen molar-refractivity contribution in [2.24, 2.45) is 4.99 Å². The van der Waals surface area contributed by atoms with Crippen molar-refractivity contribution in [3.63, 3.8) is 0 Å². The number of guanidine groups is 1. The first-order chi connectivity index (χ1) is 11.1. The number of halogens is 2. The summed E-state index contributed by atoms with van der Waals surface area (Å²) in [5.41, 5.74) is 1.51. The van der Waals surface area contributed by atoms with Crippen LogP contribution in [0, 0.1) is 12.7 Å². The molecule has 5 nitrogen and oxygen atoms in total. The van der Waals surface area contributed by atoms with E-state index in [9.17, 15) is 9.18 Å². The third-order valence-corrected chi connectivity index (χ3v) is 3.50. The molecule has 1 rings (SSSR count). The number of nitrogens with zero attached hydrogens (tertiary/aromatic N) is 1. The Kier molecular flexibility index (Phi) is 12.2. The summed E-state index contributed by atoms with van der Waals surface area (Å²) in [6.45, 7) is 3.02. The summed E-state index contributed by atoms with van der Waals surface area (Å²) in [4.78, 5) is 15.1. The van der Waals surface area contributed by atoms with Crippen molar-refractivity contribution in [3.8, 4) is 0 Å². The lowest BCUT2D eigenvalue weighted by Gasteiger charge is -2.12. The second-order valence-corrected chi connectivity index (χ2v) is 5.32. The van der Waals surface area contributed by atoms with Gasteiger partial charge in [0, 0.05) is 26.6 Å². The SMILES string of the molecule is CN=C(NCCCCCC(=O)OC)NCc1ccc(C)c(F)c1.I. The number of methoxy groups -OCH3 is 1. The number of aryl methyl sites for hydroxylation is 1. The van der Waals surface area contributed by atoms with Crippen LogP contribution >= 0.6 is 24.0 Å². The highest BCUT2D eigenvalue weighted by Crippen LogP contribution is 2.08. The molecule has 1 aromatic rings. The van der Waals surface area contributed by atoms with Gasteiger partial charge in [-0.2, -0.15) is 0 Å². The van der Waals surface area contributed by atoms with E-state index in [1.54, 1.807) is 20.0 Å². The molecule has 2 N–H and O–H groups in total. The van der Waals surface area contributed by atoms with Crippen LogP contribution in [0.4, 0.5) is 4.39 Å². The van der Waals surface area contributed by atoms with E-state index in [-0.39, 0.29) is 35.8 Å². The van der Waals surface area contributed by atoms with E-state index in [2.05, 4.69) is 20.4 Å².